The van der Waals surface area contributed by atoms with Gasteiger partial charge >= 0.3 is 0 Å². The van der Waals surface area contributed by atoms with Gasteiger partial charge in [0.2, 0.25) is 0 Å². The molecular weight excluding hydrogens is 296 g/mol. The second-order valence-corrected chi connectivity index (χ2v) is 4.60. The van der Waals surface area contributed by atoms with Gasteiger partial charge in [-0.2, -0.15) is 0 Å². The van der Waals surface area contributed by atoms with E-state index in [0.717, 1.165) is 6.29 Å². The minimum Gasteiger partial charge on any atom is -0.493 e. The van der Waals surface area contributed by atoms with Gasteiger partial charge in [-0.1, -0.05) is 12.1 Å². The van der Waals surface area contributed by atoms with Crippen LogP contribution in [0.5, 0.6) is 23.0 Å². The third kappa shape index (κ3) is 4.64. The van der Waals surface area contributed by atoms with Crippen molar-refractivity contribution >= 4 is 6.29 Å². The lowest BCUT2D eigenvalue weighted by atomic mass is 10.2. The predicted molar refractivity (Wildman–Crippen MR) is 87.0 cm³/mol. The number of carbonyl (C=O) groups is 1. The molecule has 0 spiro atoms. The van der Waals surface area contributed by atoms with Gasteiger partial charge < -0.3 is 18.9 Å². The van der Waals surface area contributed by atoms with Crippen LogP contribution in [0.3, 0.4) is 0 Å². The molecule has 5 heteroatoms. The van der Waals surface area contributed by atoms with Gasteiger partial charge in [0.25, 0.3) is 0 Å². The van der Waals surface area contributed by atoms with Crippen LogP contribution >= 0.6 is 0 Å². The van der Waals surface area contributed by atoms with Crippen LogP contribution < -0.4 is 18.9 Å². The van der Waals surface area contributed by atoms with Crippen LogP contribution in [0.25, 0.3) is 0 Å². The largest absolute Gasteiger partial charge is 0.493 e. The Morgan fingerprint density at radius 2 is 1.52 bits per heavy atom. The fourth-order valence-corrected chi connectivity index (χ4v) is 2.03. The van der Waals surface area contributed by atoms with Crippen LogP contribution in [0.1, 0.15) is 17.3 Å². The third-order valence-electron chi connectivity index (χ3n) is 3.07. The molecule has 0 saturated carbocycles. The Labute approximate surface area is 135 Å². The van der Waals surface area contributed by atoms with Crippen LogP contribution in [0.15, 0.2) is 42.5 Å². The van der Waals surface area contributed by atoms with Crippen molar-refractivity contribution in [3.8, 4) is 23.0 Å². The first-order chi connectivity index (χ1) is 11.3. The van der Waals surface area contributed by atoms with Crippen molar-refractivity contribution in [2.24, 2.45) is 0 Å². The van der Waals surface area contributed by atoms with Crippen molar-refractivity contribution in [2.45, 2.75) is 6.92 Å². The lowest BCUT2D eigenvalue weighted by Gasteiger charge is -2.13. The Balaban J connectivity index is 1.92. The van der Waals surface area contributed by atoms with E-state index < -0.39 is 0 Å². The second-order valence-electron chi connectivity index (χ2n) is 4.60. The molecule has 0 atom stereocenters. The van der Waals surface area contributed by atoms with E-state index in [1.54, 1.807) is 25.3 Å². The lowest BCUT2D eigenvalue weighted by molar-refractivity contribution is 0.112. The van der Waals surface area contributed by atoms with Gasteiger partial charge in [0, 0.05) is 5.56 Å². The standard InChI is InChI=1S/C18H20O5/c1-3-21-16-6-4-5-7-17(16)22-10-11-23-18-12-14(13-19)8-9-15(18)20-2/h4-9,12-13H,3,10-11H2,1-2H3. The summed E-state index contributed by atoms with van der Waals surface area (Å²) in [5, 5.41) is 0. The number of benzene rings is 2. The molecule has 0 aliphatic carbocycles. The Kier molecular flexibility index (Phi) is 6.29. The Morgan fingerprint density at radius 1 is 0.870 bits per heavy atom. The summed E-state index contributed by atoms with van der Waals surface area (Å²) in [6.45, 7) is 3.16. The number of aldehydes is 1. The maximum Gasteiger partial charge on any atom is 0.162 e. The molecule has 0 aliphatic rings. The third-order valence-corrected chi connectivity index (χ3v) is 3.07. The fourth-order valence-electron chi connectivity index (χ4n) is 2.03. The average Bonchev–Trinajstić information content (AvgIpc) is 2.60. The van der Waals surface area contributed by atoms with Crippen molar-refractivity contribution in [2.75, 3.05) is 26.9 Å². The van der Waals surface area contributed by atoms with Crippen molar-refractivity contribution in [3.05, 3.63) is 48.0 Å². The highest BCUT2D eigenvalue weighted by atomic mass is 16.5. The normalized spacial score (nSPS) is 10.0. The summed E-state index contributed by atoms with van der Waals surface area (Å²) in [4.78, 5) is 10.8. The van der Waals surface area contributed by atoms with Crippen LogP contribution in [0.2, 0.25) is 0 Å². The summed E-state index contributed by atoms with van der Waals surface area (Å²) in [6, 6.07) is 12.5. The first kappa shape index (κ1) is 16.7. The number of para-hydroxylation sites is 2. The molecule has 2 aromatic carbocycles. The highest BCUT2D eigenvalue weighted by Crippen LogP contribution is 2.28. The Bertz CT molecular complexity index is 639. The van der Waals surface area contributed by atoms with Gasteiger partial charge in [0.1, 0.15) is 19.5 Å². The molecule has 0 radical (unpaired) electrons. The summed E-state index contributed by atoms with van der Waals surface area (Å²) in [6.07, 6.45) is 0.765. The number of hydrogen-bond acceptors (Lipinski definition) is 5. The van der Waals surface area contributed by atoms with E-state index in [1.165, 1.54) is 0 Å². The van der Waals surface area contributed by atoms with E-state index in [2.05, 4.69) is 0 Å². The molecule has 2 rings (SSSR count). The van der Waals surface area contributed by atoms with Crippen molar-refractivity contribution < 1.29 is 23.7 Å². The predicted octanol–water partition coefficient (Wildman–Crippen LogP) is 3.36. The number of hydrogen-bond donors (Lipinski definition) is 0. The first-order valence-corrected chi connectivity index (χ1v) is 7.39. The lowest BCUT2D eigenvalue weighted by Crippen LogP contribution is -2.10. The fraction of sp³-hybridized carbons (Fsp3) is 0.278. The molecule has 23 heavy (non-hydrogen) atoms. The quantitative estimate of drug-likeness (QED) is 0.524. The monoisotopic (exact) mass is 316 g/mol. The molecule has 0 saturated heterocycles. The maximum absolute atomic E-state index is 10.8. The first-order valence-electron chi connectivity index (χ1n) is 7.39. The SMILES string of the molecule is CCOc1ccccc1OCCOc1cc(C=O)ccc1OC. The Morgan fingerprint density at radius 3 is 2.13 bits per heavy atom. The van der Waals surface area contributed by atoms with Crippen molar-refractivity contribution in [1.29, 1.82) is 0 Å². The van der Waals surface area contributed by atoms with Gasteiger partial charge in [-0.15, -0.1) is 0 Å². The van der Waals surface area contributed by atoms with E-state index in [0.29, 0.717) is 48.4 Å². The van der Waals surface area contributed by atoms with E-state index in [4.69, 9.17) is 18.9 Å². The minimum atomic E-state index is 0.319. The maximum atomic E-state index is 10.8. The van der Waals surface area contributed by atoms with E-state index in [-0.39, 0.29) is 0 Å². The molecule has 0 fully saturated rings. The Hall–Kier alpha value is -2.69. The smallest absolute Gasteiger partial charge is 0.162 e. The zero-order chi connectivity index (χ0) is 16.5. The summed E-state index contributed by atoms with van der Waals surface area (Å²) >= 11 is 0. The summed E-state index contributed by atoms with van der Waals surface area (Å²) in [5.41, 5.74) is 0.531. The van der Waals surface area contributed by atoms with Gasteiger partial charge in [-0.3, -0.25) is 4.79 Å². The minimum absolute atomic E-state index is 0.319. The highest BCUT2D eigenvalue weighted by Gasteiger charge is 2.07. The van der Waals surface area contributed by atoms with Gasteiger partial charge in [-0.05, 0) is 37.3 Å². The molecule has 0 amide bonds. The van der Waals surface area contributed by atoms with Crippen molar-refractivity contribution in [1.82, 2.24) is 0 Å². The molecule has 5 nitrogen and oxygen atoms in total. The molecular formula is C18H20O5. The zero-order valence-electron chi connectivity index (χ0n) is 13.3. The molecule has 0 aliphatic heterocycles. The number of rotatable bonds is 9. The molecule has 0 N–H and O–H groups in total. The summed E-state index contributed by atoms with van der Waals surface area (Å²) in [5.74, 6) is 2.46. The molecule has 0 heterocycles. The zero-order valence-corrected chi connectivity index (χ0v) is 13.3. The molecule has 0 unspecified atom stereocenters. The van der Waals surface area contributed by atoms with Gasteiger partial charge in [-0.25, -0.2) is 0 Å². The van der Waals surface area contributed by atoms with Gasteiger partial charge in [0.15, 0.2) is 23.0 Å². The molecule has 2 aromatic rings. The van der Waals surface area contributed by atoms with Crippen molar-refractivity contribution in [3.63, 3.8) is 0 Å². The molecule has 122 valence electrons. The second kappa shape index (κ2) is 8.68. The highest BCUT2D eigenvalue weighted by molar-refractivity contribution is 5.76. The van der Waals surface area contributed by atoms with Crippen LogP contribution in [-0.2, 0) is 0 Å². The summed E-state index contributed by atoms with van der Waals surface area (Å²) < 4.78 is 22.0. The molecule has 0 aromatic heterocycles. The topological polar surface area (TPSA) is 54.0 Å². The molecule has 0 bridgehead atoms. The van der Waals surface area contributed by atoms with Crippen LogP contribution in [0, 0.1) is 0 Å². The van der Waals surface area contributed by atoms with Crippen LogP contribution in [0.4, 0.5) is 0 Å². The van der Waals surface area contributed by atoms with E-state index in [9.17, 15) is 4.79 Å². The number of ether oxygens (including phenoxy) is 4. The van der Waals surface area contributed by atoms with Gasteiger partial charge in [0.05, 0.1) is 13.7 Å². The summed E-state index contributed by atoms with van der Waals surface area (Å²) in [7, 11) is 1.55. The van der Waals surface area contributed by atoms with Crippen LogP contribution in [-0.4, -0.2) is 33.2 Å². The van der Waals surface area contributed by atoms with E-state index >= 15 is 0 Å². The number of methoxy groups -OCH3 is 1. The average molecular weight is 316 g/mol. The number of carbonyl (C=O) groups excluding carboxylic acids is 1. The van der Waals surface area contributed by atoms with E-state index in [1.807, 2.05) is 31.2 Å².